The summed E-state index contributed by atoms with van der Waals surface area (Å²) in [6, 6.07) is 10.3. The lowest BCUT2D eigenvalue weighted by Crippen LogP contribution is -2.45. The average Bonchev–Trinajstić information content (AvgIpc) is 3.06. The fourth-order valence-corrected chi connectivity index (χ4v) is 5.24. The van der Waals surface area contributed by atoms with E-state index in [0.29, 0.717) is 11.7 Å². The minimum atomic E-state index is 0.177. The first-order valence-corrected chi connectivity index (χ1v) is 11.8. The molecular formula is C21H27N3OS3. The molecule has 0 amide bonds. The lowest BCUT2D eigenvalue weighted by Gasteiger charge is -2.39. The summed E-state index contributed by atoms with van der Waals surface area (Å²) in [5, 5.41) is 5.06. The molecule has 0 unspecified atom stereocenters. The standard InChI is InChI=1S/C21H27N3OS3/c1-14(2)17-8-6-7-9-18(17)22-19-24(12-21(4,5)13-28-19)20(26)27-11-16-10-15(3)25-23-16/h6-10,14H,11-13H2,1-5H3. The van der Waals surface area contributed by atoms with Crippen molar-refractivity contribution in [1.82, 2.24) is 10.1 Å². The number of aliphatic imine (C=N–C) groups is 1. The predicted octanol–water partition coefficient (Wildman–Crippen LogP) is 6.39. The number of hydrogen-bond donors (Lipinski definition) is 0. The van der Waals surface area contributed by atoms with Gasteiger partial charge in [-0.3, -0.25) is 0 Å². The van der Waals surface area contributed by atoms with Crippen LogP contribution in [0.15, 0.2) is 39.8 Å². The molecule has 1 saturated heterocycles. The van der Waals surface area contributed by atoms with Gasteiger partial charge >= 0.3 is 0 Å². The highest BCUT2D eigenvalue weighted by molar-refractivity contribution is 8.22. The molecule has 1 aliphatic heterocycles. The van der Waals surface area contributed by atoms with Gasteiger partial charge in [0.25, 0.3) is 0 Å². The van der Waals surface area contributed by atoms with E-state index >= 15 is 0 Å². The summed E-state index contributed by atoms with van der Waals surface area (Å²) in [4.78, 5) is 7.23. The summed E-state index contributed by atoms with van der Waals surface area (Å²) in [5.41, 5.74) is 3.38. The van der Waals surface area contributed by atoms with Crippen molar-refractivity contribution in [2.75, 3.05) is 12.3 Å². The van der Waals surface area contributed by atoms with Crippen molar-refractivity contribution in [3.63, 3.8) is 0 Å². The van der Waals surface area contributed by atoms with E-state index in [-0.39, 0.29) is 5.41 Å². The number of rotatable bonds is 4. The van der Waals surface area contributed by atoms with Crippen LogP contribution in [0.25, 0.3) is 0 Å². The molecule has 150 valence electrons. The van der Waals surface area contributed by atoms with Crippen molar-refractivity contribution in [1.29, 1.82) is 0 Å². The molecule has 0 radical (unpaired) electrons. The highest BCUT2D eigenvalue weighted by Crippen LogP contribution is 2.36. The summed E-state index contributed by atoms with van der Waals surface area (Å²) in [7, 11) is 0. The Hall–Kier alpha value is -1.31. The molecular weight excluding hydrogens is 406 g/mol. The van der Waals surface area contributed by atoms with Gasteiger partial charge in [0, 0.05) is 24.1 Å². The zero-order valence-electron chi connectivity index (χ0n) is 17.1. The number of benzene rings is 1. The van der Waals surface area contributed by atoms with Crippen molar-refractivity contribution >= 4 is 50.9 Å². The normalized spacial score (nSPS) is 18.1. The largest absolute Gasteiger partial charge is 0.361 e. The number of aromatic nitrogens is 1. The summed E-state index contributed by atoms with van der Waals surface area (Å²) in [6.45, 7) is 11.7. The third-order valence-corrected chi connectivity index (χ3v) is 7.40. The van der Waals surface area contributed by atoms with Gasteiger partial charge in [0.15, 0.2) is 5.17 Å². The fraction of sp³-hybridized carbons (Fsp3) is 0.476. The molecule has 2 heterocycles. The Bertz CT molecular complexity index is 873. The highest BCUT2D eigenvalue weighted by atomic mass is 32.2. The highest BCUT2D eigenvalue weighted by Gasteiger charge is 2.33. The van der Waals surface area contributed by atoms with Crippen LogP contribution in [0, 0.1) is 12.3 Å². The van der Waals surface area contributed by atoms with Crippen LogP contribution < -0.4 is 0 Å². The minimum Gasteiger partial charge on any atom is -0.361 e. The molecule has 7 heteroatoms. The summed E-state index contributed by atoms with van der Waals surface area (Å²) < 4.78 is 6.00. The van der Waals surface area contributed by atoms with Crippen molar-refractivity contribution < 1.29 is 4.52 Å². The second-order valence-electron chi connectivity index (χ2n) is 8.13. The van der Waals surface area contributed by atoms with Crippen LogP contribution in [-0.4, -0.2) is 31.8 Å². The van der Waals surface area contributed by atoms with Gasteiger partial charge in [-0.2, -0.15) is 0 Å². The SMILES string of the molecule is Cc1cc(CSC(=S)N2CC(C)(C)CSC2=Nc2ccccc2C(C)C)no1. The number of thioether (sulfide) groups is 2. The lowest BCUT2D eigenvalue weighted by molar-refractivity contribution is 0.348. The topological polar surface area (TPSA) is 41.6 Å². The predicted molar refractivity (Wildman–Crippen MR) is 126 cm³/mol. The van der Waals surface area contributed by atoms with Crippen LogP contribution in [0.1, 0.15) is 50.6 Å². The van der Waals surface area contributed by atoms with Gasteiger partial charge in [0.2, 0.25) is 0 Å². The van der Waals surface area contributed by atoms with E-state index in [1.807, 2.05) is 19.1 Å². The van der Waals surface area contributed by atoms with Gasteiger partial charge in [-0.25, -0.2) is 4.99 Å². The monoisotopic (exact) mass is 433 g/mol. The van der Waals surface area contributed by atoms with Crippen LogP contribution in [0.3, 0.4) is 0 Å². The minimum absolute atomic E-state index is 0.177. The van der Waals surface area contributed by atoms with Gasteiger partial charge in [0.1, 0.15) is 10.1 Å². The first kappa shape index (κ1) is 21.4. The zero-order valence-corrected chi connectivity index (χ0v) is 19.5. The number of para-hydroxylation sites is 1. The smallest absolute Gasteiger partial charge is 0.169 e. The van der Waals surface area contributed by atoms with Crippen molar-refractivity contribution in [3.8, 4) is 0 Å². The molecule has 0 bridgehead atoms. The van der Waals surface area contributed by atoms with Crippen LogP contribution in [0.2, 0.25) is 0 Å². The zero-order chi connectivity index (χ0) is 20.3. The Morgan fingerprint density at radius 3 is 2.82 bits per heavy atom. The quantitative estimate of drug-likeness (QED) is 0.521. The molecule has 0 N–H and O–H groups in total. The van der Waals surface area contributed by atoms with E-state index in [2.05, 4.69) is 56.0 Å². The van der Waals surface area contributed by atoms with Crippen LogP contribution >= 0.6 is 35.7 Å². The van der Waals surface area contributed by atoms with Gasteiger partial charge < -0.3 is 9.42 Å². The number of thiocarbonyl (C=S) groups is 1. The number of amidine groups is 1. The Kier molecular flexibility index (Phi) is 6.89. The third-order valence-electron chi connectivity index (χ3n) is 4.42. The molecule has 1 aromatic carbocycles. The maximum atomic E-state index is 5.80. The summed E-state index contributed by atoms with van der Waals surface area (Å²) in [6.07, 6.45) is 0. The molecule has 0 saturated carbocycles. The molecule has 3 rings (SSSR count). The van der Waals surface area contributed by atoms with Gasteiger partial charge in [-0.1, -0.05) is 86.8 Å². The van der Waals surface area contributed by atoms with Gasteiger partial charge in [-0.05, 0) is 29.9 Å². The molecule has 0 atom stereocenters. The van der Waals surface area contributed by atoms with E-state index in [4.69, 9.17) is 21.7 Å². The summed E-state index contributed by atoms with van der Waals surface area (Å²) in [5.74, 6) is 2.98. The van der Waals surface area contributed by atoms with Crippen LogP contribution in [-0.2, 0) is 5.75 Å². The number of nitrogens with zero attached hydrogens (tertiary/aromatic N) is 3. The van der Waals surface area contributed by atoms with Crippen LogP contribution in [0.5, 0.6) is 0 Å². The number of aryl methyl sites for hydroxylation is 1. The third kappa shape index (κ3) is 5.39. The second-order valence-corrected chi connectivity index (χ2v) is 10.7. The molecule has 4 nitrogen and oxygen atoms in total. The first-order valence-electron chi connectivity index (χ1n) is 9.42. The Balaban J connectivity index is 1.83. The van der Waals surface area contributed by atoms with Crippen molar-refractivity contribution in [2.24, 2.45) is 10.4 Å². The van der Waals surface area contributed by atoms with E-state index in [1.54, 1.807) is 23.5 Å². The Morgan fingerprint density at radius 2 is 2.14 bits per heavy atom. The van der Waals surface area contributed by atoms with E-state index in [1.165, 1.54) is 5.56 Å². The van der Waals surface area contributed by atoms with E-state index in [9.17, 15) is 0 Å². The number of hydrogen-bond acceptors (Lipinski definition) is 6. The molecule has 1 aliphatic rings. The molecule has 0 aliphatic carbocycles. The Morgan fingerprint density at radius 1 is 1.39 bits per heavy atom. The van der Waals surface area contributed by atoms with Gasteiger partial charge in [0.05, 0.1) is 11.4 Å². The van der Waals surface area contributed by atoms with Crippen LogP contribution in [0.4, 0.5) is 5.69 Å². The maximum Gasteiger partial charge on any atom is 0.169 e. The van der Waals surface area contributed by atoms with E-state index < -0.39 is 0 Å². The molecule has 1 aromatic heterocycles. The van der Waals surface area contributed by atoms with Gasteiger partial charge in [-0.15, -0.1) is 0 Å². The molecule has 28 heavy (non-hydrogen) atoms. The fourth-order valence-electron chi connectivity index (χ4n) is 2.99. The van der Waals surface area contributed by atoms with E-state index in [0.717, 1.165) is 38.9 Å². The van der Waals surface area contributed by atoms with Crippen molar-refractivity contribution in [2.45, 2.75) is 46.3 Å². The summed E-state index contributed by atoms with van der Waals surface area (Å²) >= 11 is 9.20. The van der Waals surface area contributed by atoms with Crippen molar-refractivity contribution in [3.05, 3.63) is 47.3 Å². The lowest BCUT2D eigenvalue weighted by atomic mass is 9.96. The second kappa shape index (κ2) is 9.01. The molecule has 1 fully saturated rings. The molecule has 2 aromatic rings. The average molecular weight is 434 g/mol. The maximum absolute atomic E-state index is 5.80. The Labute approximate surface area is 181 Å². The first-order chi connectivity index (χ1) is 13.2. The molecule has 0 spiro atoms.